The van der Waals surface area contributed by atoms with E-state index in [9.17, 15) is 0 Å². The Morgan fingerprint density at radius 3 is 1.69 bits per heavy atom. The fraction of sp³-hybridized carbons (Fsp3) is 0.0189. The third kappa shape index (κ3) is 4.25. The van der Waals surface area contributed by atoms with Crippen LogP contribution in [0, 0.1) is 0 Å². The van der Waals surface area contributed by atoms with E-state index in [4.69, 9.17) is 8.83 Å². The topological polar surface area (TPSA) is 26.3 Å². The molecular formula is C53H32O2. The van der Waals surface area contributed by atoms with Crippen molar-refractivity contribution in [2.75, 3.05) is 0 Å². The molecule has 2 nitrogen and oxygen atoms in total. The summed E-state index contributed by atoms with van der Waals surface area (Å²) in [6.07, 6.45) is 5.92. The van der Waals surface area contributed by atoms with Gasteiger partial charge >= 0.3 is 0 Å². The highest BCUT2D eigenvalue weighted by atomic mass is 16.3. The lowest BCUT2D eigenvalue weighted by molar-refractivity contribution is 0.603. The molecule has 0 atom stereocenters. The molecule has 0 unspecified atom stereocenters. The molecule has 2 heteroatoms. The molecule has 0 fully saturated rings. The molecule has 1 aliphatic rings. The molecule has 0 saturated heterocycles. The molecule has 0 spiro atoms. The summed E-state index contributed by atoms with van der Waals surface area (Å²) in [6.45, 7) is 6.12. The minimum atomic E-state index is 0.837. The van der Waals surface area contributed by atoms with Gasteiger partial charge in [0.05, 0.1) is 0 Å². The van der Waals surface area contributed by atoms with Crippen LogP contribution in [0.1, 0.15) is 18.2 Å². The third-order valence-electron chi connectivity index (χ3n) is 11.9. The summed E-state index contributed by atoms with van der Waals surface area (Å²) in [4.78, 5) is 0. The Balaban J connectivity index is 1.00. The lowest BCUT2D eigenvalue weighted by atomic mass is 9.91. The molecule has 55 heavy (non-hydrogen) atoms. The molecule has 11 aromatic rings. The number of furan rings is 2. The van der Waals surface area contributed by atoms with Gasteiger partial charge in [0.1, 0.15) is 22.5 Å². The van der Waals surface area contributed by atoms with Crippen LogP contribution in [0.5, 0.6) is 0 Å². The number of fused-ring (bicyclic) bond motifs is 13. The predicted molar refractivity (Wildman–Crippen MR) is 234 cm³/mol. The van der Waals surface area contributed by atoms with E-state index in [1.807, 2.05) is 25.2 Å². The van der Waals surface area contributed by atoms with Crippen LogP contribution >= 0.6 is 0 Å². The molecule has 1 aliphatic carbocycles. The van der Waals surface area contributed by atoms with Crippen LogP contribution in [0.3, 0.4) is 0 Å². The van der Waals surface area contributed by atoms with Crippen molar-refractivity contribution in [2.24, 2.45) is 0 Å². The summed E-state index contributed by atoms with van der Waals surface area (Å²) in [6, 6.07) is 53.5. The summed E-state index contributed by atoms with van der Waals surface area (Å²) in [5, 5.41) is 13.2. The Hall–Kier alpha value is -7.16. The van der Waals surface area contributed by atoms with Crippen molar-refractivity contribution in [1.29, 1.82) is 0 Å². The highest BCUT2D eigenvalue weighted by Crippen LogP contribution is 2.49. The summed E-state index contributed by atoms with van der Waals surface area (Å²) < 4.78 is 12.8. The number of hydrogen-bond donors (Lipinski definition) is 0. The second kappa shape index (κ2) is 11.2. The maximum absolute atomic E-state index is 6.42. The Morgan fingerprint density at radius 1 is 0.418 bits per heavy atom. The first-order chi connectivity index (χ1) is 27.1. The van der Waals surface area contributed by atoms with Gasteiger partial charge in [-0.25, -0.2) is 0 Å². The monoisotopic (exact) mass is 700 g/mol. The Labute approximate surface area is 316 Å². The summed E-state index contributed by atoms with van der Waals surface area (Å²) in [5.74, 6) is 0.837. The maximum atomic E-state index is 6.42. The molecule has 0 saturated carbocycles. The van der Waals surface area contributed by atoms with Crippen molar-refractivity contribution in [3.05, 3.63) is 170 Å². The summed E-state index contributed by atoms with van der Waals surface area (Å²) in [7, 11) is 0. The van der Waals surface area contributed by atoms with Crippen molar-refractivity contribution in [2.45, 2.75) is 6.92 Å². The van der Waals surface area contributed by atoms with Crippen molar-refractivity contribution in [3.8, 4) is 44.5 Å². The first-order valence-corrected chi connectivity index (χ1v) is 18.9. The minimum absolute atomic E-state index is 0.837. The van der Waals surface area contributed by atoms with Crippen molar-refractivity contribution in [3.63, 3.8) is 0 Å². The van der Waals surface area contributed by atoms with Crippen LogP contribution in [0.15, 0.2) is 167 Å². The van der Waals surface area contributed by atoms with Crippen LogP contribution in [0.2, 0.25) is 0 Å². The molecule has 9 aromatic carbocycles. The number of benzene rings is 9. The van der Waals surface area contributed by atoms with Gasteiger partial charge in [0.25, 0.3) is 0 Å². The van der Waals surface area contributed by atoms with E-state index in [-0.39, 0.29) is 0 Å². The van der Waals surface area contributed by atoms with Crippen molar-refractivity contribution >= 4 is 88.1 Å². The third-order valence-corrected chi connectivity index (χ3v) is 11.9. The zero-order valence-corrected chi connectivity index (χ0v) is 30.1. The zero-order valence-electron chi connectivity index (χ0n) is 30.1. The molecule has 2 heterocycles. The van der Waals surface area contributed by atoms with E-state index in [1.54, 1.807) is 0 Å². The molecule has 0 aliphatic heterocycles. The fourth-order valence-electron chi connectivity index (χ4n) is 9.35. The SMILES string of the molecule is C=Cc1c(/C=C\C)oc2cc3c4ccccc4c4cc(-c5ccc6oc7ccc(-c8ccc9c(c8)-c8cccc%10cccc-9c8%10)cc7c6c5)ccc4c3cc12. The Bertz CT molecular complexity index is 3510. The van der Waals surface area contributed by atoms with E-state index >= 15 is 0 Å². The molecular weight excluding hydrogens is 669 g/mol. The van der Waals surface area contributed by atoms with Crippen molar-refractivity contribution < 1.29 is 8.83 Å². The first-order valence-electron chi connectivity index (χ1n) is 18.9. The zero-order chi connectivity index (χ0) is 36.4. The van der Waals surface area contributed by atoms with E-state index < -0.39 is 0 Å². The largest absolute Gasteiger partial charge is 0.456 e. The fourth-order valence-corrected chi connectivity index (χ4v) is 9.35. The number of allylic oxidation sites excluding steroid dienone is 1. The van der Waals surface area contributed by atoms with E-state index in [1.165, 1.54) is 82.0 Å². The van der Waals surface area contributed by atoms with Crippen LogP contribution in [-0.4, -0.2) is 0 Å². The van der Waals surface area contributed by atoms with Gasteiger partial charge < -0.3 is 8.83 Å². The van der Waals surface area contributed by atoms with Crippen LogP contribution in [-0.2, 0) is 0 Å². The molecule has 0 amide bonds. The molecule has 0 bridgehead atoms. The highest BCUT2D eigenvalue weighted by molar-refractivity contribution is 6.28. The van der Waals surface area contributed by atoms with Gasteiger partial charge in [0, 0.05) is 21.7 Å². The minimum Gasteiger partial charge on any atom is -0.456 e. The van der Waals surface area contributed by atoms with E-state index in [0.29, 0.717) is 0 Å². The number of rotatable bonds is 4. The van der Waals surface area contributed by atoms with Gasteiger partial charge in [-0.2, -0.15) is 0 Å². The highest BCUT2D eigenvalue weighted by Gasteiger charge is 2.22. The standard InChI is InChI=1S/C53H32O2/c1-3-9-49-35(4-2)48-28-44-39-21-17-31(24-42(39)36-12-5-6-13-37(36)45(44)29-52(48)55-49)33-18-22-50-46(26-33)47-27-34(19-23-51(47)54-50)32-16-20-38-40-14-7-10-30-11-8-15-41(53(30)40)43(38)25-32/h3-29H,2H2,1H3/b9-3-. The lowest BCUT2D eigenvalue weighted by Crippen LogP contribution is -1.86. The smallest absolute Gasteiger partial charge is 0.136 e. The van der Waals surface area contributed by atoms with Gasteiger partial charge in [0.2, 0.25) is 0 Å². The van der Waals surface area contributed by atoms with Gasteiger partial charge in [-0.05, 0) is 149 Å². The molecule has 2 aromatic heterocycles. The molecule has 12 rings (SSSR count). The second-order valence-corrected chi connectivity index (χ2v) is 14.8. The predicted octanol–water partition coefficient (Wildman–Crippen LogP) is 15.6. The Kier molecular flexibility index (Phi) is 6.16. The number of hydrogen-bond acceptors (Lipinski definition) is 2. The van der Waals surface area contributed by atoms with Gasteiger partial charge in [-0.3, -0.25) is 0 Å². The van der Waals surface area contributed by atoms with Gasteiger partial charge in [0.15, 0.2) is 0 Å². The average molecular weight is 701 g/mol. The lowest BCUT2D eigenvalue weighted by Gasteiger charge is -2.12. The summed E-state index contributed by atoms with van der Waals surface area (Å²) in [5.41, 5.74) is 13.6. The second-order valence-electron chi connectivity index (χ2n) is 14.8. The quantitative estimate of drug-likeness (QED) is 0.171. The van der Waals surface area contributed by atoms with Gasteiger partial charge in [-0.15, -0.1) is 0 Å². The Morgan fingerprint density at radius 2 is 1.00 bits per heavy atom. The normalized spacial score (nSPS) is 12.5. The van der Waals surface area contributed by atoms with Crippen LogP contribution < -0.4 is 0 Å². The molecule has 256 valence electrons. The van der Waals surface area contributed by atoms with Crippen LogP contribution in [0.25, 0.3) is 133 Å². The maximum Gasteiger partial charge on any atom is 0.136 e. The van der Waals surface area contributed by atoms with Gasteiger partial charge in [-0.1, -0.05) is 116 Å². The van der Waals surface area contributed by atoms with E-state index in [0.717, 1.165) is 49.8 Å². The first kappa shape index (κ1) is 30.3. The molecule has 0 N–H and O–H groups in total. The van der Waals surface area contributed by atoms with E-state index in [2.05, 4.69) is 152 Å². The molecule has 0 radical (unpaired) electrons. The average Bonchev–Trinajstić information content (AvgIpc) is 3.89. The van der Waals surface area contributed by atoms with Crippen molar-refractivity contribution in [1.82, 2.24) is 0 Å². The summed E-state index contributed by atoms with van der Waals surface area (Å²) >= 11 is 0. The van der Waals surface area contributed by atoms with Crippen LogP contribution in [0.4, 0.5) is 0 Å².